The topological polar surface area (TPSA) is 50.2 Å². The monoisotopic (exact) mass is 394 g/mol. The molecule has 0 bridgehead atoms. The fraction of sp³-hybridized carbons (Fsp3) is 0.391. The molecule has 152 valence electrons. The average molecular weight is 394 g/mol. The van der Waals surface area contributed by atoms with Crippen LogP contribution in [0, 0.1) is 11.7 Å². The number of anilines is 1. The van der Waals surface area contributed by atoms with Crippen LogP contribution >= 0.6 is 0 Å². The molecular formula is C23H27FN4O. The van der Waals surface area contributed by atoms with E-state index in [0.29, 0.717) is 17.9 Å². The largest absolute Gasteiger partial charge is 0.309 e. The summed E-state index contributed by atoms with van der Waals surface area (Å²) >= 11 is 0. The van der Waals surface area contributed by atoms with E-state index in [2.05, 4.69) is 33.6 Å². The molecule has 4 rings (SSSR count). The first-order chi connectivity index (χ1) is 14.1. The molecule has 5 nitrogen and oxygen atoms in total. The summed E-state index contributed by atoms with van der Waals surface area (Å²) in [5.41, 5.74) is 2.50. The van der Waals surface area contributed by atoms with Crippen molar-refractivity contribution >= 4 is 22.9 Å². The number of hydrogen-bond acceptors (Lipinski definition) is 3. The molecule has 1 N–H and O–H groups in total. The second-order valence-electron chi connectivity index (χ2n) is 7.56. The predicted octanol–water partition coefficient (Wildman–Crippen LogP) is 4.26. The van der Waals surface area contributed by atoms with E-state index in [4.69, 9.17) is 0 Å². The molecule has 1 saturated carbocycles. The Bertz CT molecular complexity index is 1010. The maximum absolute atomic E-state index is 14.0. The van der Waals surface area contributed by atoms with Crippen LogP contribution in [0.3, 0.4) is 0 Å². The smallest absolute Gasteiger partial charge is 0.230 e. The first kappa shape index (κ1) is 19.6. The van der Waals surface area contributed by atoms with Gasteiger partial charge in [-0.25, -0.2) is 9.37 Å². The van der Waals surface area contributed by atoms with Gasteiger partial charge in [-0.15, -0.1) is 0 Å². The number of aromatic nitrogens is 2. The van der Waals surface area contributed by atoms with Crippen LogP contribution in [0.15, 0.2) is 48.5 Å². The summed E-state index contributed by atoms with van der Waals surface area (Å²) in [6.45, 7) is 7.90. The zero-order chi connectivity index (χ0) is 20.4. The van der Waals surface area contributed by atoms with Crippen LogP contribution < -0.4 is 5.32 Å². The summed E-state index contributed by atoms with van der Waals surface area (Å²) in [7, 11) is 0. The molecule has 1 amide bonds. The van der Waals surface area contributed by atoms with E-state index >= 15 is 0 Å². The van der Waals surface area contributed by atoms with Crippen molar-refractivity contribution in [1.29, 1.82) is 0 Å². The van der Waals surface area contributed by atoms with Gasteiger partial charge in [0.05, 0.1) is 11.0 Å². The highest BCUT2D eigenvalue weighted by Gasteiger charge is 2.45. The van der Waals surface area contributed by atoms with Crippen molar-refractivity contribution in [3.8, 4) is 0 Å². The number of fused-ring (bicyclic) bond motifs is 1. The van der Waals surface area contributed by atoms with Crippen molar-refractivity contribution in [1.82, 2.24) is 14.5 Å². The molecule has 0 saturated heterocycles. The third-order valence-electron chi connectivity index (χ3n) is 5.86. The number of imidazole rings is 1. The highest BCUT2D eigenvalue weighted by molar-refractivity contribution is 5.95. The SMILES string of the molecule is CCN(CC)CCn1c(NC(=O)C2CC2c2ccccc2F)nc2ccccc21. The predicted molar refractivity (Wildman–Crippen MR) is 113 cm³/mol. The van der Waals surface area contributed by atoms with E-state index in [1.165, 1.54) is 6.07 Å². The van der Waals surface area contributed by atoms with Crippen LogP contribution in [0.4, 0.5) is 10.3 Å². The van der Waals surface area contributed by atoms with Crippen LogP contribution in [0.25, 0.3) is 11.0 Å². The van der Waals surface area contributed by atoms with Crippen molar-refractivity contribution in [3.05, 3.63) is 59.9 Å². The van der Waals surface area contributed by atoms with Crippen LogP contribution in [0.1, 0.15) is 31.7 Å². The standard InChI is InChI=1S/C23H27FN4O/c1-3-27(4-2)13-14-28-21-12-8-7-11-20(21)25-23(28)26-22(29)18-15-17(18)16-9-5-6-10-19(16)24/h5-12,17-18H,3-4,13-15H2,1-2H3,(H,25,26,29). The Morgan fingerprint density at radius 2 is 1.90 bits per heavy atom. The molecule has 2 unspecified atom stereocenters. The quantitative estimate of drug-likeness (QED) is 0.621. The van der Waals surface area contributed by atoms with Gasteiger partial charge >= 0.3 is 0 Å². The molecule has 2 atom stereocenters. The molecule has 29 heavy (non-hydrogen) atoms. The number of rotatable bonds is 8. The Hall–Kier alpha value is -2.73. The molecule has 6 heteroatoms. The number of likely N-dealkylation sites (N-methyl/N-ethyl adjacent to an activating group) is 1. The molecule has 1 fully saturated rings. The average Bonchev–Trinajstić information content (AvgIpc) is 3.46. The summed E-state index contributed by atoms with van der Waals surface area (Å²) in [5.74, 6) is -0.00732. The van der Waals surface area contributed by atoms with Crippen LogP contribution in [-0.2, 0) is 11.3 Å². The molecule has 1 aliphatic rings. The normalized spacial score (nSPS) is 18.3. The van der Waals surface area contributed by atoms with Crippen LogP contribution in [0.2, 0.25) is 0 Å². The third-order valence-corrected chi connectivity index (χ3v) is 5.86. The first-order valence-electron chi connectivity index (χ1n) is 10.3. The number of benzene rings is 2. The number of halogens is 1. The number of amides is 1. The lowest BCUT2D eigenvalue weighted by Crippen LogP contribution is -2.28. The highest BCUT2D eigenvalue weighted by Crippen LogP contribution is 2.48. The third kappa shape index (κ3) is 4.03. The zero-order valence-electron chi connectivity index (χ0n) is 16.9. The van der Waals surface area contributed by atoms with E-state index in [1.807, 2.05) is 30.3 Å². The van der Waals surface area contributed by atoms with E-state index in [0.717, 1.165) is 37.2 Å². The Balaban J connectivity index is 1.52. The minimum absolute atomic E-state index is 0.0512. The van der Waals surface area contributed by atoms with Crippen molar-refractivity contribution < 1.29 is 9.18 Å². The summed E-state index contributed by atoms with van der Waals surface area (Å²) < 4.78 is 16.1. The molecule has 0 aliphatic heterocycles. The van der Waals surface area contributed by atoms with E-state index in [1.54, 1.807) is 12.1 Å². The minimum atomic E-state index is -0.237. The lowest BCUT2D eigenvalue weighted by Gasteiger charge is -2.19. The van der Waals surface area contributed by atoms with E-state index in [-0.39, 0.29) is 23.6 Å². The van der Waals surface area contributed by atoms with Crippen molar-refractivity contribution in [2.45, 2.75) is 32.7 Å². The van der Waals surface area contributed by atoms with E-state index < -0.39 is 0 Å². The first-order valence-corrected chi connectivity index (χ1v) is 10.3. The number of para-hydroxylation sites is 2. The summed E-state index contributed by atoms with van der Waals surface area (Å²) in [4.78, 5) is 19.8. The molecular weight excluding hydrogens is 367 g/mol. The van der Waals surface area contributed by atoms with Gasteiger partial charge < -0.3 is 9.47 Å². The van der Waals surface area contributed by atoms with Crippen molar-refractivity contribution in [3.63, 3.8) is 0 Å². The van der Waals surface area contributed by atoms with Gasteiger partial charge in [-0.05, 0) is 49.2 Å². The van der Waals surface area contributed by atoms with Gasteiger partial charge in [0.1, 0.15) is 5.82 Å². The summed E-state index contributed by atoms with van der Waals surface area (Å²) in [5, 5.41) is 3.01. The molecule has 1 aliphatic carbocycles. The number of nitrogens with zero attached hydrogens (tertiary/aromatic N) is 3. The van der Waals surface area contributed by atoms with Crippen LogP contribution in [-0.4, -0.2) is 40.0 Å². The molecule has 0 radical (unpaired) electrons. The number of carbonyl (C=O) groups excluding carboxylic acids is 1. The molecule has 1 aromatic heterocycles. The van der Waals surface area contributed by atoms with Gasteiger partial charge in [0.2, 0.25) is 11.9 Å². The molecule has 2 aromatic carbocycles. The lowest BCUT2D eigenvalue weighted by atomic mass is 10.1. The van der Waals surface area contributed by atoms with Gasteiger partial charge in [0.15, 0.2) is 0 Å². The fourth-order valence-corrected chi connectivity index (χ4v) is 3.99. The minimum Gasteiger partial charge on any atom is -0.309 e. The maximum Gasteiger partial charge on any atom is 0.230 e. The highest BCUT2D eigenvalue weighted by atomic mass is 19.1. The Morgan fingerprint density at radius 3 is 2.66 bits per heavy atom. The summed E-state index contributed by atoms with van der Waals surface area (Å²) in [6, 6.07) is 14.6. The van der Waals surface area contributed by atoms with Gasteiger partial charge in [-0.3, -0.25) is 10.1 Å². The summed E-state index contributed by atoms with van der Waals surface area (Å²) in [6.07, 6.45) is 0.673. The number of carbonyl (C=O) groups is 1. The molecule has 1 heterocycles. The Labute approximate surface area is 170 Å². The number of nitrogens with one attached hydrogen (secondary N) is 1. The second kappa shape index (κ2) is 8.33. The molecule has 3 aromatic rings. The number of hydrogen-bond donors (Lipinski definition) is 1. The van der Waals surface area contributed by atoms with Gasteiger partial charge in [-0.1, -0.05) is 44.2 Å². The second-order valence-corrected chi connectivity index (χ2v) is 7.56. The van der Waals surface area contributed by atoms with E-state index in [9.17, 15) is 9.18 Å². The Kier molecular flexibility index (Phi) is 5.62. The van der Waals surface area contributed by atoms with Gasteiger partial charge in [0, 0.05) is 19.0 Å². The Morgan fingerprint density at radius 1 is 1.17 bits per heavy atom. The van der Waals surface area contributed by atoms with Crippen molar-refractivity contribution in [2.75, 3.05) is 25.0 Å². The molecule has 0 spiro atoms. The van der Waals surface area contributed by atoms with Crippen LogP contribution in [0.5, 0.6) is 0 Å². The fourth-order valence-electron chi connectivity index (χ4n) is 3.99. The van der Waals surface area contributed by atoms with Gasteiger partial charge in [-0.2, -0.15) is 0 Å². The zero-order valence-corrected chi connectivity index (χ0v) is 16.9. The maximum atomic E-state index is 14.0. The lowest BCUT2D eigenvalue weighted by molar-refractivity contribution is -0.117. The van der Waals surface area contributed by atoms with Crippen molar-refractivity contribution in [2.24, 2.45) is 5.92 Å². The van der Waals surface area contributed by atoms with Gasteiger partial charge in [0.25, 0.3) is 0 Å².